The molecule has 132 valence electrons. The number of hydrogen-bond acceptors (Lipinski definition) is 3. The van der Waals surface area contributed by atoms with Crippen LogP contribution in [0, 0.1) is 6.92 Å². The highest BCUT2D eigenvalue weighted by Crippen LogP contribution is 2.31. The zero-order valence-corrected chi connectivity index (χ0v) is 15.6. The molecule has 0 radical (unpaired) electrons. The summed E-state index contributed by atoms with van der Waals surface area (Å²) in [4.78, 5) is 25.8. The summed E-state index contributed by atoms with van der Waals surface area (Å²) in [6.07, 6.45) is 0. The molecular formula is C18H18Cl2N2O3. The van der Waals surface area contributed by atoms with Crippen molar-refractivity contribution in [3.63, 3.8) is 0 Å². The molecule has 0 bridgehead atoms. The molecule has 0 aromatic heterocycles. The number of nitrogens with zero attached hydrogens (tertiary/aromatic N) is 1. The number of ether oxygens (including phenoxy) is 1. The topological polar surface area (TPSA) is 58.6 Å². The predicted octanol–water partition coefficient (Wildman–Crippen LogP) is 4.30. The van der Waals surface area contributed by atoms with Crippen LogP contribution in [0.25, 0.3) is 0 Å². The Bertz CT molecular complexity index is 789. The van der Waals surface area contributed by atoms with Gasteiger partial charge in [0.1, 0.15) is 12.3 Å². The maximum absolute atomic E-state index is 12.4. The number of amides is 2. The van der Waals surface area contributed by atoms with Gasteiger partial charge in [0.25, 0.3) is 0 Å². The number of rotatable bonds is 5. The van der Waals surface area contributed by atoms with E-state index < -0.39 is 5.91 Å². The molecule has 2 rings (SSSR count). The second-order valence-electron chi connectivity index (χ2n) is 5.43. The van der Waals surface area contributed by atoms with Crippen LogP contribution in [0.3, 0.4) is 0 Å². The fraction of sp³-hybridized carbons (Fsp3) is 0.222. The maximum Gasteiger partial charge on any atom is 0.244 e. The molecule has 2 amide bonds. The van der Waals surface area contributed by atoms with E-state index in [0.29, 0.717) is 27.2 Å². The molecule has 2 aromatic rings. The van der Waals surface area contributed by atoms with E-state index in [2.05, 4.69) is 5.32 Å². The number of nitrogens with one attached hydrogen (secondary N) is 1. The molecule has 0 aliphatic heterocycles. The molecule has 2 aromatic carbocycles. The fourth-order valence-electron chi connectivity index (χ4n) is 2.32. The predicted molar refractivity (Wildman–Crippen MR) is 101 cm³/mol. The van der Waals surface area contributed by atoms with Crippen molar-refractivity contribution in [3.05, 3.63) is 52.0 Å². The number of anilines is 2. The number of halogens is 2. The van der Waals surface area contributed by atoms with E-state index in [0.717, 1.165) is 5.56 Å². The Morgan fingerprint density at radius 3 is 2.36 bits per heavy atom. The van der Waals surface area contributed by atoms with E-state index in [1.165, 1.54) is 18.9 Å². The van der Waals surface area contributed by atoms with Crippen molar-refractivity contribution < 1.29 is 14.3 Å². The van der Waals surface area contributed by atoms with Crippen molar-refractivity contribution in [3.8, 4) is 5.75 Å². The Kier molecular flexibility index (Phi) is 6.28. The van der Waals surface area contributed by atoms with E-state index in [1.54, 1.807) is 30.3 Å². The Morgan fingerprint density at radius 2 is 1.80 bits per heavy atom. The Hall–Kier alpha value is -2.24. The van der Waals surface area contributed by atoms with Gasteiger partial charge in [0.05, 0.1) is 28.5 Å². The lowest BCUT2D eigenvalue weighted by Crippen LogP contribution is -2.37. The van der Waals surface area contributed by atoms with Crippen LogP contribution >= 0.6 is 23.2 Å². The average Bonchev–Trinajstić information content (AvgIpc) is 2.56. The molecule has 0 fully saturated rings. The fourth-order valence-corrected chi connectivity index (χ4v) is 2.81. The summed E-state index contributed by atoms with van der Waals surface area (Å²) >= 11 is 12.1. The molecule has 0 heterocycles. The summed E-state index contributed by atoms with van der Waals surface area (Å²) in [5.41, 5.74) is 1.78. The van der Waals surface area contributed by atoms with Crippen LogP contribution in [0.1, 0.15) is 12.5 Å². The first kappa shape index (κ1) is 19.1. The smallest absolute Gasteiger partial charge is 0.244 e. The highest BCUT2D eigenvalue weighted by atomic mass is 35.5. The number of aryl methyl sites for hydroxylation is 1. The average molecular weight is 381 g/mol. The van der Waals surface area contributed by atoms with E-state index >= 15 is 0 Å². The number of hydrogen-bond donors (Lipinski definition) is 1. The van der Waals surface area contributed by atoms with Crippen molar-refractivity contribution in [2.45, 2.75) is 13.8 Å². The zero-order chi connectivity index (χ0) is 18.6. The molecule has 25 heavy (non-hydrogen) atoms. The normalized spacial score (nSPS) is 10.3. The van der Waals surface area contributed by atoms with Crippen LogP contribution in [-0.2, 0) is 9.59 Å². The number of carbonyl (C=O) groups is 2. The van der Waals surface area contributed by atoms with Gasteiger partial charge in [-0.3, -0.25) is 14.5 Å². The number of carbonyl (C=O) groups excluding carboxylic acids is 2. The summed E-state index contributed by atoms with van der Waals surface area (Å²) in [7, 11) is 1.51. The molecule has 5 nitrogen and oxygen atoms in total. The Morgan fingerprint density at radius 1 is 1.16 bits per heavy atom. The second kappa shape index (κ2) is 8.23. The third-order valence-corrected chi connectivity index (χ3v) is 4.16. The number of benzene rings is 2. The third-order valence-electron chi connectivity index (χ3n) is 3.53. The lowest BCUT2D eigenvalue weighted by molar-refractivity contribution is -0.120. The van der Waals surface area contributed by atoms with Crippen LogP contribution in [0.5, 0.6) is 5.75 Å². The van der Waals surface area contributed by atoms with Crippen molar-refractivity contribution in [1.29, 1.82) is 0 Å². The van der Waals surface area contributed by atoms with Gasteiger partial charge in [-0.25, -0.2) is 0 Å². The number of para-hydroxylation sites is 1. The summed E-state index contributed by atoms with van der Waals surface area (Å²) < 4.78 is 5.30. The lowest BCUT2D eigenvalue weighted by atomic mass is 10.2. The summed E-state index contributed by atoms with van der Waals surface area (Å²) in [5.74, 6) is -0.206. The van der Waals surface area contributed by atoms with Crippen molar-refractivity contribution in [1.82, 2.24) is 0 Å². The van der Waals surface area contributed by atoms with Gasteiger partial charge in [-0.2, -0.15) is 0 Å². The van der Waals surface area contributed by atoms with Gasteiger partial charge in [0.2, 0.25) is 11.8 Å². The van der Waals surface area contributed by atoms with Gasteiger partial charge >= 0.3 is 0 Å². The summed E-state index contributed by atoms with van der Waals surface area (Å²) in [5, 5.41) is 3.29. The van der Waals surface area contributed by atoms with E-state index in [-0.39, 0.29) is 12.5 Å². The van der Waals surface area contributed by atoms with E-state index in [1.807, 2.05) is 13.0 Å². The minimum absolute atomic E-state index is 0.198. The standard InChI is InChI=1S/C18H18Cl2N2O3/c1-11-7-8-16(25-3)15(9-11)22(12(2)23)10-17(24)21-18-13(19)5-4-6-14(18)20/h4-9H,10H2,1-3H3,(H,21,24). The first-order chi connectivity index (χ1) is 11.8. The number of methoxy groups -OCH3 is 1. The Balaban J connectivity index is 2.27. The largest absolute Gasteiger partial charge is 0.495 e. The molecule has 0 saturated heterocycles. The molecule has 0 saturated carbocycles. The molecule has 0 atom stereocenters. The second-order valence-corrected chi connectivity index (χ2v) is 6.24. The maximum atomic E-state index is 12.4. The quantitative estimate of drug-likeness (QED) is 0.840. The van der Waals surface area contributed by atoms with Crippen molar-refractivity contribution in [2.75, 3.05) is 23.9 Å². The van der Waals surface area contributed by atoms with Crippen LogP contribution < -0.4 is 15.0 Å². The first-order valence-electron chi connectivity index (χ1n) is 7.50. The zero-order valence-electron chi connectivity index (χ0n) is 14.1. The van der Waals surface area contributed by atoms with E-state index in [9.17, 15) is 9.59 Å². The highest BCUT2D eigenvalue weighted by Gasteiger charge is 2.20. The molecule has 0 aliphatic carbocycles. The Labute approximate surface area is 156 Å². The van der Waals surface area contributed by atoms with Crippen LogP contribution in [0.4, 0.5) is 11.4 Å². The van der Waals surface area contributed by atoms with Crippen molar-refractivity contribution >= 4 is 46.4 Å². The highest BCUT2D eigenvalue weighted by molar-refractivity contribution is 6.39. The van der Waals surface area contributed by atoms with Gasteiger partial charge in [-0.05, 0) is 36.8 Å². The minimum atomic E-state index is -0.422. The molecule has 7 heteroatoms. The van der Waals surface area contributed by atoms with Crippen LogP contribution in [0.15, 0.2) is 36.4 Å². The molecule has 1 N–H and O–H groups in total. The van der Waals surface area contributed by atoms with Crippen LogP contribution in [-0.4, -0.2) is 25.5 Å². The van der Waals surface area contributed by atoms with Gasteiger partial charge in [0, 0.05) is 6.92 Å². The first-order valence-corrected chi connectivity index (χ1v) is 8.25. The van der Waals surface area contributed by atoms with Gasteiger partial charge in [-0.15, -0.1) is 0 Å². The SMILES string of the molecule is COc1ccc(C)cc1N(CC(=O)Nc1c(Cl)cccc1Cl)C(C)=O. The molecule has 0 spiro atoms. The summed E-state index contributed by atoms with van der Waals surface area (Å²) in [6, 6.07) is 10.3. The van der Waals surface area contributed by atoms with Crippen LogP contribution in [0.2, 0.25) is 10.0 Å². The molecule has 0 aliphatic rings. The van der Waals surface area contributed by atoms with Gasteiger partial charge in [-0.1, -0.05) is 35.3 Å². The third kappa shape index (κ3) is 4.65. The lowest BCUT2D eigenvalue weighted by Gasteiger charge is -2.23. The van der Waals surface area contributed by atoms with Gasteiger partial charge in [0.15, 0.2) is 0 Å². The monoisotopic (exact) mass is 380 g/mol. The van der Waals surface area contributed by atoms with Gasteiger partial charge < -0.3 is 10.1 Å². The summed E-state index contributed by atoms with van der Waals surface area (Å²) in [6.45, 7) is 3.08. The minimum Gasteiger partial charge on any atom is -0.495 e. The van der Waals surface area contributed by atoms with E-state index in [4.69, 9.17) is 27.9 Å². The molecular weight excluding hydrogens is 363 g/mol. The van der Waals surface area contributed by atoms with Crippen molar-refractivity contribution in [2.24, 2.45) is 0 Å². The molecule has 0 unspecified atom stereocenters.